The van der Waals surface area contributed by atoms with Crippen molar-refractivity contribution in [2.45, 2.75) is 0 Å². The Labute approximate surface area is 72.8 Å². The number of anilines is 1. The van der Waals surface area contributed by atoms with Gasteiger partial charge in [0.1, 0.15) is 0 Å². The second-order valence-electron chi connectivity index (χ2n) is 2.21. The van der Waals surface area contributed by atoms with Gasteiger partial charge < -0.3 is 5.73 Å². The lowest BCUT2D eigenvalue weighted by Gasteiger charge is -1.96. The van der Waals surface area contributed by atoms with Gasteiger partial charge in [-0.15, -0.1) is 0 Å². The second kappa shape index (κ2) is 2.36. The molecule has 0 aliphatic heterocycles. The molecule has 0 spiro atoms. The summed E-state index contributed by atoms with van der Waals surface area (Å²) >= 11 is 7.33. The van der Waals surface area contributed by atoms with Gasteiger partial charge in [-0.25, -0.2) is 0 Å². The van der Waals surface area contributed by atoms with Gasteiger partial charge in [0.25, 0.3) is 0 Å². The number of aromatic nitrogens is 1. The van der Waals surface area contributed by atoms with Gasteiger partial charge in [0.15, 0.2) is 0 Å². The SMILES string of the molecule is Nc1ccc2sncc2c1Cl. The van der Waals surface area contributed by atoms with Gasteiger partial charge in [0.05, 0.1) is 21.6 Å². The number of fused-ring (bicyclic) bond motifs is 1. The van der Waals surface area contributed by atoms with Gasteiger partial charge in [-0.05, 0) is 23.7 Å². The maximum absolute atomic E-state index is 5.91. The van der Waals surface area contributed by atoms with Crippen molar-refractivity contribution in [2.24, 2.45) is 0 Å². The largest absolute Gasteiger partial charge is 0.398 e. The van der Waals surface area contributed by atoms with E-state index in [1.807, 2.05) is 6.07 Å². The van der Waals surface area contributed by atoms with E-state index in [1.54, 1.807) is 12.3 Å². The van der Waals surface area contributed by atoms with Gasteiger partial charge in [0, 0.05) is 5.39 Å². The lowest BCUT2D eigenvalue weighted by molar-refractivity contribution is 1.60. The molecule has 0 aliphatic carbocycles. The molecule has 0 atom stereocenters. The van der Waals surface area contributed by atoms with E-state index in [0.29, 0.717) is 10.7 Å². The quantitative estimate of drug-likeness (QED) is 0.639. The molecule has 1 aromatic carbocycles. The van der Waals surface area contributed by atoms with Gasteiger partial charge in [-0.1, -0.05) is 11.6 Å². The summed E-state index contributed by atoms with van der Waals surface area (Å²) in [5.74, 6) is 0. The highest BCUT2D eigenvalue weighted by Crippen LogP contribution is 2.30. The molecule has 0 fully saturated rings. The summed E-state index contributed by atoms with van der Waals surface area (Å²) in [5.41, 5.74) is 6.20. The Kier molecular flexibility index (Phi) is 1.47. The van der Waals surface area contributed by atoms with Crippen molar-refractivity contribution in [2.75, 3.05) is 5.73 Å². The third-order valence-electron chi connectivity index (χ3n) is 1.50. The summed E-state index contributed by atoms with van der Waals surface area (Å²) in [6.45, 7) is 0. The van der Waals surface area contributed by atoms with Crippen molar-refractivity contribution < 1.29 is 0 Å². The molecule has 11 heavy (non-hydrogen) atoms. The molecule has 0 amide bonds. The molecule has 0 bridgehead atoms. The molecule has 2 nitrogen and oxygen atoms in total. The van der Waals surface area contributed by atoms with E-state index in [9.17, 15) is 0 Å². The van der Waals surface area contributed by atoms with Gasteiger partial charge >= 0.3 is 0 Å². The molecule has 0 aliphatic rings. The fraction of sp³-hybridized carbons (Fsp3) is 0. The van der Waals surface area contributed by atoms with E-state index < -0.39 is 0 Å². The maximum Gasteiger partial charge on any atom is 0.0738 e. The van der Waals surface area contributed by atoms with Crippen LogP contribution in [0.5, 0.6) is 0 Å². The Balaban J connectivity index is 2.93. The van der Waals surface area contributed by atoms with Crippen LogP contribution in [0.4, 0.5) is 5.69 Å². The highest BCUT2D eigenvalue weighted by Gasteiger charge is 2.03. The molecule has 4 heteroatoms. The first-order valence-corrected chi connectivity index (χ1v) is 4.22. The van der Waals surface area contributed by atoms with Crippen LogP contribution in [0, 0.1) is 0 Å². The summed E-state index contributed by atoms with van der Waals surface area (Å²) < 4.78 is 5.08. The van der Waals surface area contributed by atoms with E-state index in [4.69, 9.17) is 17.3 Å². The molecule has 1 aromatic heterocycles. The van der Waals surface area contributed by atoms with Gasteiger partial charge in [-0.2, -0.15) is 4.37 Å². The summed E-state index contributed by atoms with van der Waals surface area (Å²) in [4.78, 5) is 0. The van der Waals surface area contributed by atoms with Crippen molar-refractivity contribution in [3.05, 3.63) is 23.4 Å². The van der Waals surface area contributed by atoms with Gasteiger partial charge in [-0.3, -0.25) is 0 Å². The molecular formula is C7H5ClN2S. The van der Waals surface area contributed by atoms with Crippen LogP contribution in [0.2, 0.25) is 5.02 Å². The lowest BCUT2D eigenvalue weighted by Crippen LogP contribution is -1.84. The topological polar surface area (TPSA) is 38.9 Å². The monoisotopic (exact) mass is 184 g/mol. The number of nitrogens with zero attached hydrogens (tertiary/aromatic N) is 1. The van der Waals surface area contributed by atoms with E-state index in [2.05, 4.69) is 4.37 Å². The summed E-state index contributed by atoms with van der Waals surface area (Å²) in [7, 11) is 0. The van der Waals surface area contributed by atoms with Crippen molar-refractivity contribution in [3.8, 4) is 0 Å². The first kappa shape index (κ1) is 6.88. The average Bonchev–Trinajstić information content (AvgIpc) is 2.45. The highest BCUT2D eigenvalue weighted by molar-refractivity contribution is 7.13. The van der Waals surface area contributed by atoms with E-state index in [-0.39, 0.29) is 0 Å². The fourth-order valence-electron chi connectivity index (χ4n) is 0.928. The Morgan fingerprint density at radius 3 is 3.09 bits per heavy atom. The van der Waals surface area contributed by atoms with Crippen molar-refractivity contribution in [1.29, 1.82) is 0 Å². The van der Waals surface area contributed by atoms with Crippen LogP contribution in [0.15, 0.2) is 18.3 Å². The number of nitrogens with two attached hydrogens (primary N) is 1. The Bertz CT molecular complexity index is 396. The number of rotatable bonds is 0. The fourth-order valence-corrected chi connectivity index (χ4v) is 1.85. The molecule has 0 radical (unpaired) electrons. The predicted octanol–water partition coefficient (Wildman–Crippen LogP) is 2.53. The molecule has 0 saturated carbocycles. The number of benzene rings is 1. The molecule has 0 unspecified atom stereocenters. The minimum absolute atomic E-state index is 0.608. The van der Waals surface area contributed by atoms with E-state index >= 15 is 0 Å². The molecule has 2 aromatic rings. The van der Waals surface area contributed by atoms with Crippen molar-refractivity contribution in [1.82, 2.24) is 4.37 Å². The molecule has 2 rings (SSSR count). The van der Waals surface area contributed by atoms with Crippen LogP contribution in [0.1, 0.15) is 0 Å². The maximum atomic E-state index is 5.91. The molecular weight excluding hydrogens is 180 g/mol. The van der Waals surface area contributed by atoms with Crippen LogP contribution < -0.4 is 5.73 Å². The number of nitrogen functional groups attached to an aromatic ring is 1. The van der Waals surface area contributed by atoms with Crippen LogP contribution in [0.25, 0.3) is 10.1 Å². The zero-order valence-electron chi connectivity index (χ0n) is 5.54. The van der Waals surface area contributed by atoms with Crippen LogP contribution in [-0.2, 0) is 0 Å². The first-order chi connectivity index (χ1) is 5.29. The molecule has 0 saturated heterocycles. The second-order valence-corrected chi connectivity index (χ2v) is 3.42. The van der Waals surface area contributed by atoms with Gasteiger partial charge in [0.2, 0.25) is 0 Å². The lowest BCUT2D eigenvalue weighted by atomic mass is 10.2. The van der Waals surface area contributed by atoms with Crippen molar-refractivity contribution >= 4 is 38.9 Å². The standard InChI is InChI=1S/C7H5ClN2S/c8-7-4-3-10-11-6(4)2-1-5(7)9/h1-3H,9H2. The highest BCUT2D eigenvalue weighted by atomic mass is 35.5. The molecule has 2 N–H and O–H groups in total. The third-order valence-corrected chi connectivity index (χ3v) is 2.69. The van der Waals surface area contributed by atoms with Crippen LogP contribution in [0.3, 0.4) is 0 Å². The Hall–Kier alpha value is -0.800. The van der Waals surface area contributed by atoms with Crippen LogP contribution >= 0.6 is 23.1 Å². The Morgan fingerprint density at radius 2 is 2.27 bits per heavy atom. The zero-order valence-corrected chi connectivity index (χ0v) is 7.12. The summed E-state index contributed by atoms with van der Waals surface area (Å²) in [5, 5.41) is 1.55. The zero-order chi connectivity index (χ0) is 7.84. The van der Waals surface area contributed by atoms with E-state index in [0.717, 1.165) is 10.1 Å². The molecule has 56 valence electrons. The summed E-state index contributed by atoms with van der Waals surface area (Å²) in [6.07, 6.45) is 1.73. The number of halogens is 1. The number of hydrogen-bond donors (Lipinski definition) is 1. The smallest absolute Gasteiger partial charge is 0.0738 e. The van der Waals surface area contributed by atoms with E-state index in [1.165, 1.54) is 11.5 Å². The Morgan fingerprint density at radius 1 is 1.45 bits per heavy atom. The minimum Gasteiger partial charge on any atom is -0.398 e. The average molecular weight is 185 g/mol. The minimum atomic E-state index is 0.608. The van der Waals surface area contributed by atoms with Crippen LogP contribution in [-0.4, -0.2) is 4.37 Å². The predicted molar refractivity (Wildman–Crippen MR) is 49.0 cm³/mol. The number of hydrogen-bond acceptors (Lipinski definition) is 3. The first-order valence-electron chi connectivity index (χ1n) is 3.07. The summed E-state index contributed by atoms with van der Waals surface area (Å²) in [6, 6.07) is 3.72. The molecule has 1 heterocycles. The van der Waals surface area contributed by atoms with Crippen molar-refractivity contribution in [3.63, 3.8) is 0 Å². The third kappa shape index (κ3) is 0.968. The normalized spacial score (nSPS) is 10.6.